The zero-order valence-corrected chi connectivity index (χ0v) is 10.7. The summed E-state index contributed by atoms with van der Waals surface area (Å²) in [5.74, 6) is 0. The molecule has 1 N–H and O–H groups in total. The number of nitrogens with zero attached hydrogens (tertiary/aromatic N) is 1. The Hall–Kier alpha value is -1.88. The molecule has 1 saturated heterocycles. The minimum Gasteiger partial charge on any atom is -0.378 e. The average molecular weight is 261 g/mol. The van der Waals surface area contributed by atoms with Gasteiger partial charge in [0.05, 0.1) is 13.2 Å². The standard InChI is InChI=1S/C14H17N2O3/c17-11-13(10-12-4-2-1-3-5-12)15-14(18)16-6-8-19-9-7-16/h1-5,13H,6-10H2,(H,15,18)/t13-/m0/s1. The Balaban J connectivity index is 1.88. The van der Waals surface area contributed by atoms with E-state index < -0.39 is 6.04 Å². The van der Waals surface area contributed by atoms with Crippen molar-refractivity contribution in [1.82, 2.24) is 10.2 Å². The van der Waals surface area contributed by atoms with E-state index in [-0.39, 0.29) is 6.03 Å². The molecule has 0 aromatic heterocycles. The Bertz CT molecular complexity index is 416. The monoisotopic (exact) mass is 261 g/mol. The summed E-state index contributed by atoms with van der Waals surface area (Å²) < 4.78 is 5.18. The van der Waals surface area contributed by atoms with Gasteiger partial charge in [-0.25, -0.2) is 4.79 Å². The fraction of sp³-hybridized carbons (Fsp3) is 0.429. The van der Waals surface area contributed by atoms with Crippen molar-refractivity contribution in [3.63, 3.8) is 0 Å². The highest BCUT2D eigenvalue weighted by atomic mass is 16.5. The third-order valence-corrected chi connectivity index (χ3v) is 3.02. The molecule has 0 aliphatic carbocycles. The second kappa shape index (κ2) is 6.89. The Morgan fingerprint density at radius 2 is 2.00 bits per heavy atom. The van der Waals surface area contributed by atoms with Gasteiger partial charge in [-0.05, 0) is 5.56 Å². The summed E-state index contributed by atoms with van der Waals surface area (Å²) in [5.41, 5.74) is 0.998. The summed E-state index contributed by atoms with van der Waals surface area (Å²) >= 11 is 0. The number of benzene rings is 1. The van der Waals surface area contributed by atoms with Gasteiger partial charge in [-0.2, -0.15) is 0 Å². The maximum atomic E-state index is 11.9. The van der Waals surface area contributed by atoms with Crippen molar-refractivity contribution < 1.29 is 14.3 Å². The van der Waals surface area contributed by atoms with Gasteiger partial charge in [0.1, 0.15) is 6.04 Å². The second-order valence-electron chi connectivity index (χ2n) is 4.41. The maximum Gasteiger partial charge on any atom is 0.318 e. The molecular formula is C14H17N2O3. The molecule has 1 aliphatic rings. The van der Waals surface area contributed by atoms with Gasteiger partial charge in [0.15, 0.2) is 0 Å². The van der Waals surface area contributed by atoms with Crippen LogP contribution in [0.3, 0.4) is 0 Å². The molecule has 0 spiro atoms. The van der Waals surface area contributed by atoms with Crippen molar-refractivity contribution in [2.45, 2.75) is 12.5 Å². The molecule has 101 valence electrons. The smallest absolute Gasteiger partial charge is 0.318 e. The summed E-state index contributed by atoms with van der Waals surface area (Å²) in [6, 6.07) is 8.72. The Labute approximate surface area is 112 Å². The highest BCUT2D eigenvalue weighted by molar-refractivity contribution is 5.78. The quantitative estimate of drug-likeness (QED) is 0.870. The van der Waals surface area contributed by atoms with Crippen molar-refractivity contribution in [2.75, 3.05) is 26.3 Å². The van der Waals surface area contributed by atoms with E-state index in [9.17, 15) is 9.59 Å². The van der Waals surface area contributed by atoms with Crippen LogP contribution < -0.4 is 5.32 Å². The number of amides is 2. The van der Waals surface area contributed by atoms with Crippen molar-refractivity contribution >= 4 is 12.3 Å². The van der Waals surface area contributed by atoms with Gasteiger partial charge in [0.25, 0.3) is 0 Å². The molecule has 0 bridgehead atoms. The molecule has 1 aliphatic heterocycles. The minimum absolute atomic E-state index is 0.229. The van der Waals surface area contributed by atoms with Crippen LogP contribution in [-0.2, 0) is 16.0 Å². The Morgan fingerprint density at radius 3 is 2.63 bits per heavy atom. The molecule has 1 aromatic carbocycles. The number of carbonyl (C=O) groups excluding carboxylic acids is 2. The zero-order valence-electron chi connectivity index (χ0n) is 10.7. The number of hydrogen-bond acceptors (Lipinski definition) is 3. The maximum absolute atomic E-state index is 11.9. The Morgan fingerprint density at radius 1 is 1.32 bits per heavy atom. The van der Waals surface area contributed by atoms with Crippen molar-refractivity contribution in [1.29, 1.82) is 0 Å². The van der Waals surface area contributed by atoms with E-state index in [0.717, 1.165) is 5.56 Å². The second-order valence-corrected chi connectivity index (χ2v) is 4.41. The number of nitrogens with one attached hydrogen (secondary N) is 1. The van der Waals surface area contributed by atoms with Gasteiger partial charge in [-0.3, -0.25) is 4.79 Å². The lowest BCUT2D eigenvalue weighted by molar-refractivity contribution is 0.0529. The molecule has 1 radical (unpaired) electrons. The van der Waals surface area contributed by atoms with Crippen LogP contribution in [0.1, 0.15) is 5.56 Å². The molecule has 5 nitrogen and oxygen atoms in total. The van der Waals surface area contributed by atoms with Crippen LogP contribution in [0.15, 0.2) is 30.3 Å². The van der Waals surface area contributed by atoms with Crippen LogP contribution in [0.25, 0.3) is 0 Å². The zero-order chi connectivity index (χ0) is 13.5. The molecular weight excluding hydrogens is 244 g/mol. The first-order chi connectivity index (χ1) is 9.29. The van der Waals surface area contributed by atoms with E-state index in [4.69, 9.17) is 4.74 Å². The topological polar surface area (TPSA) is 58.6 Å². The highest BCUT2D eigenvalue weighted by Gasteiger charge is 2.20. The molecule has 1 fully saturated rings. The number of rotatable bonds is 4. The van der Waals surface area contributed by atoms with Gasteiger partial charge in [0.2, 0.25) is 6.29 Å². The summed E-state index contributed by atoms with van der Waals surface area (Å²) in [6.07, 6.45) is 2.34. The van der Waals surface area contributed by atoms with Crippen LogP contribution in [0, 0.1) is 0 Å². The molecule has 1 atom stereocenters. The fourth-order valence-electron chi connectivity index (χ4n) is 1.98. The molecule has 2 rings (SSSR count). The summed E-state index contributed by atoms with van der Waals surface area (Å²) in [4.78, 5) is 24.5. The van der Waals surface area contributed by atoms with E-state index in [1.807, 2.05) is 36.6 Å². The molecule has 0 saturated carbocycles. The lowest BCUT2D eigenvalue weighted by Crippen LogP contribution is -2.50. The number of hydrogen-bond donors (Lipinski definition) is 1. The van der Waals surface area contributed by atoms with E-state index in [2.05, 4.69) is 5.32 Å². The van der Waals surface area contributed by atoms with E-state index >= 15 is 0 Å². The SMILES string of the molecule is O=[C][C@H](Cc1ccccc1)NC(=O)N1CCOCC1. The predicted octanol–water partition coefficient (Wildman–Crippen LogP) is 0.749. The normalized spacial score (nSPS) is 16.7. The van der Waals surface area contributed by atoms with Crippen LogP contribution in [0.5, 0.6) is 0 Å². The first-order valence-electron chi connectivity index (χ1n) is 6.34. The summed E-state index contributed by atoms with van der Waals surface area (Å²) in [7, 11) is 0. The van der Waals surface area contributed by atoms with Gasteiger partial charge in [0, 0.05) is 19.5 Å². The lowest BCUT2D eigenvalue weighted by atomic mass is 10.1. The van der Waals surface area contributed by atoms with Crippen LogP contribution in [0.2, 0.25) is 0 Å². The van der Waals surface area contributed by atoms with Crippen molar-refractivity contribution in [3.8, 4) is 0 Å². The van der Waals surface area contributed by atoms with Crippen LogP contribution >= 0.6 is 0 Å². The lowest BCUT2D eigenvalue weighted by Gasteiger charge is -2.28. The van der Waals surface area contributed by atoms with E-state index in [0.29, 0.717) is 32.7 Å². The number of urea groups is 1. The van der Waals surface area contributed by atoms with Crippen molar-refractivity contribution in [3.05, 3.63) is 35.9 Å². The third-order valence-electron chi connectivity index (χ3n) is 3.02. The molecule has 2 amide bonds. The van der Waals surface area contributed by atoms with Gasteiger partial charge in [-0.1, -0.05) is 30.3 Å². The van der Waals surface area contributed by atoms with Gasteiger partial charge in [-0.15, -0.1) is 0 Å². The molecule has 19 heavy (non-hydrogen) atoms. The first-order valence-corrected chi connectivity index (χ1v) is 6.34. The van der Waals surface area contributed by atoms with Crippen LogP contribution in [-0.4, -0.2) is 49.6 Å². The third kappa shape index (κ3) is 4.06. The average Bonchev–Trinajstić information content (AvgIpc) is 2.48. The van der Waals surface area contributed by atoms with E-state index in [1.54, 1.807) is 4.90 Å². The molecule has 0 unspecified atom stereocenters. The highest BCUT2D eigenvalue weighted by Crippen LogP contribution is 2.03. The number of ether oxygens (including phenoxy) is 1. The summed E-state index contributed by atoms with van der Waals surface area (Å²) in [6.45, 7) is 2.20. The summed E-state index contributed by atoms with van der Waals surface area (Å²) in [5, 5.41) is 2.69. The first kappa shape index (κ1) is 13.5. The molecule has 1 heterocycles. The predicted molar refractivity (Wildman–Crippen MR) is 70.6 cm³/mol. The van der Waals surface area contributed by atoms with Gasteiger partial charge >= 0.3 is 6.03 Å². The fourth-order valence-corrected chi connectivity index (χ4v) is 1.98. The number of morpholine rings is 1. The minimum atomic E-state index is -0.613. The van der Waals surface area contributed by atoms with E-state index in [1.165, 1.54) is 0 Å². The number of carbonyl (C=O) groups is 1. The molecule has 1 aromatic rings. The van der Waals surface area contributed by atoms with Crippen molar-refractivity contribution in [2.24, 2.45) is 0 Å². The largest absolute Gasteiger partial charge is 0.378 e. The Kier molecular flexibility index (Phi) is 4.92. The van der Waals surface area contributed by atoms with Gasteiger partial charge < -0.3 is 15.0 Å². The molecule has 5 heteroatoms. The van der Waals surface area contributed by atoms with Crippen LogP contribution in [0.4, 0.5) is 4.79 Å².